The lowest BCUT2D eigenvalue weighted by atomic mass is 9.90. The lowest BCUT2D eigenvalue weighted by Gasteiger charge is -2.35. The smallest absolute Gasteiger partial charge is 0.122 e. The Labute approximate surface area is 206 Å². The molecule has 4 rings (SSSR count). The van der Waals surface area contributed by atoms with Crippen LogP contribution in [0.3, 0.4) is 0 Å². The topological polar surface area (TPSA) is 15.7 Å². The van der Waals surface area contributed by atoms with Gasteiger partial charge in [-0.15, -0.1) is 0 Å². The number of hydrogen-bond acceptors (Lipinski definition) is 3. The number of hydrogen-bond donors (Lipinski definition) is 0. The van der Waals surface area contributed by atoms with Crippen molar-refractivity contribution in [2.45, 2.75) is 44.1 Å². The van der Waals surface area contributed by atoms with Crippen molar-refractivity contribution in [1.82, 2.24) is 9.80 Å². The second-order valence-corrected chi connectivity index (χ2v) is 9.86. The third-order valence-electron chi connectivity index (χ3n) is 6.95. The fraction of sp³-hybridized carbons (Fsp3) is 0.419. The molecule has 1 heterocycles. The second kappa shape index (κ2) is 12.7. The number of ether oxygens (including phenoxy) is 1. The number of nitrogens with zero attached hydrogens (tertiary/aromatic N) is 2. The van der Waals surface area contributed by atoms with Crippen molar-refractivity contribution in [2.24, 2.45) is 0 Å². The van der Waals surface area contributed by atoms with Gasteiger partial charge in [-0.05, 0) is 75.5 Å². The lowest BCUT2D eigenvalue weighted by molar-refractivity contribution is 0.0980. The van der Waals surface area contributed by atoms with Gasteiger partial charge in [-0.25, -0.2) is 0 Å². The average molecular weight is 457 g/mol. The van der Waals surface area contributed by atoms with E-state index in [1.807, 2.05) is 0 Å². The minimum absolute atomic E-state index is 0.311. The van der Waals surface area contributed by atoms with Gasteiger partial charge in [0.15, 0.2) is 0 Å². The van der Waals surface area contributed by atoms with Crippen LogP contribution < -0.4 is 4.74 Å². The normalized spacial score (nSPS) is 15.2. The van der Waals surface area contributed by atoms with E-state index in [1.165, 1.54) is 29.5 Å². The van der Waals surface area contributed by atoms with E-state index < -0.39 is 0 Å². The highest BCUT2D eigenvalue weighted by Crippen LogP contribution is 2.28. The molecule has 0 bridgehead atoms. The molecule has 34 heavy (non-hydrogen) atoms. The number of rotatable bonds is 11. The van der Waals surface area contributed by atoms with Crippen molar-refractivity contribution < 1.29 is 4.74 Å². The maximum atomic E-state index is 6.55. The van der Waals surface area contributed by atoms with E-state index in [-0.39, 0.29) is 0 Å². The van der Waals surface area contributed by atoms with Crippen molar-refractivity contribution in [3.8, 4) is 5.75 Å². The van der Waals surface area contributed by atoms with Gasteiger partial charge in [-0.3, -0.25) is 0 Å². The van der Waals surface area contributed by atoms with Gasteiger partial charge in [0.05, 0.1) is 0 Å². The zero-order valence-electron chi connectivity index (χ0n) is 20.9. The predicted molar refractivity (Wildman–Crippen MR) is 143 cm³/mol. The lowest BCUT2D eigenvalue weighted by Crippen LogP contribution is -2.40. The van der Waals surface area contributed by atoms with Crippen LogP contribution in [0.15, 0.2) is 84.9 Å². The molecule has 1 saturated heterocycles. The first-order chi connectivity index (χ1) is 16.7. The number of para-hydroxylation sites is 1. The Bertz CT molecular complexity index is 925. The van der Waals surface area contributed by atoms with E-state index in [9.17, 15) is 0 Å². The minimum atomic E-state index is 0.311. The van der Waals surface area contributed by atoms with Gasteiger partial charge in [0.2, 0.25) is 0 Å². The Morgan fingerprint density at radius 1 is 0.794 bits per heavy atom. The van der Waals surface area contributed by atoms with Crippen molar-refractivity contribution >= 4 is 0 Å². The summed E-state index contributed by atoms with van der Waals surface area (Å²) in [5.74, 6) is 1.50. The maximum absolute atomic E-state index is 6.55. The Hall–Kier alpha value is -2.62. The van der Waals surface area contributed by atoms with E-state index >= 15 is 0 Å². The maximum Gasteiger partial charge on any atom is 0.122 e. The summed E-state index contributed by atoms with van der Waals surface area (Å²) in [4.78, 5) is 4.88. The Kier molecular flexibility index (Phi) is 9.18. The van der Waals surface area contributed by atoms with E-state index in [2.05, 4.69) is 109 Å². The van der Waals surface area contributed by atoms with Crippen LogP contribution in [0, 0.1) is 0 Å². The van der Waals surface area contributed by atoms with Crippen LogP contribution in [-0.2, 0) is 6.42 Å². The van der Waals surface area contributed by atoms with Crippen LogP contribution >= 0.6 is 0 Å². The first kappa shape index (κ1) is 24.5. The van der Waals surface area contributed by atoms with Crippen LogP contribution in [0.2, 0.25) is 0 Å². The van der Waals surface area contributed by atoms with Crippen molar-refractivity contribution in [3.63, 3.8) is 0 Å². The molecule has 0 unspecified atom stereocenters. The Morgan fingerprint density at radius 2 is 1.38 bits per heavy atom. The summed E-state index contributed by atoms with van der Waals surface area (Å²) in [6, 6.07) is 30.6. The highest BCUT2D eigenvalue weighted by atomic mass is 16.5. The summed E-state index contributed by atoms with van der Waals surface area (Å²) in [5, 5.41) is 0. The molecule has 0 spiro atoms. The van der Waals surface area contributed by atoms with Crippen molar-refractivity contribution in [3.05, 3.63) is 102 Å². The zero-order chi connectivity index (χ0) is 23.6. The van der Waals surface area contributed by atoms with Gasteiger partial charge >= 0.3 is 0 Å². The largest absolute Gasteiger partial charge is 0.490 e. The summed E-state index contributed by atoms with van der Waals surface area (Å²) in [6.07, 6.45) is 6.02. The fourth-order valence-electron chi connectivity index (χ4n) is 4.99. The summed E-state index contributed by atoms with van der Waals surface area (Å²) >= 11 is 0. The van der Waals surface area contributed by atoms with Gasteiger partial charge < -0.3 is 14.5 Å². The summed E-state index contributed by atoms with van der Waals surface area (Å²) in [7, 11) is 4.29. The van der Waals surface area contributed by atoms with Gasteiger partial charge in [-0.1, -0.05) is 78.9 Å². The van der Waals surface area contributed by atoms with Gasteiger partial charge in [0.25, 0.3) is 0 Å². The molecule has 3 nitrogen and oxygen atoms in total. The summed E-state index contributed by atoms with van der Waals surface area (Å²) in [6.45, 7) is 4.38. The standard InChI is InChI=1S/C31H40N2O/c1-32(2)22-12-11-18-28-17-9-10-19-31(28)34-29-20-23-33(24-21-29)25-30(26-13-5-3-6-14-26)27-15-7-4-8-16-27/h3-10,13-17,19,29-30H,11-12,18,20-25H2,1-2H3. The number of aryl methyl sites for hydroxylation is 1. The van der Waals surface area contributed by atoms with Crippen LogP contribution in [-0.4, -0.2) is 56.2 Å². The zero-order valence-corrected chi connectivity index (χ0v) is 20.9. The second-order valence-electron chi connectivity index (χ2n) is 9.86. The summed E-state index contributed by atoms with van der Waals surface area (Å²) in [5.41, 5.74) is 4.16. The number of benzene rings is 3. The highest BCUT2D eigenvalue weighted by molar-refractivity contribution is 5.34. The molecule has 0 amide bonds. The third kappa shape index (κ3) is 7.19. The average Bonchev–Trinajstić information content (AvgIpc) is 2.88. The van der Waals surface area contributed by atoms with Crippen LogP contribution in [0.4, 0.5) is 0 Å². The molecule has 3 aromatic rings. The molecular formula is C31H40N2O. The van der Waals surface area contributed by atoms with E-state index in [0.717, 1.165) is 51.2 Å². The van der Waals surface area contributed by atoms with E-state index in [0.29, 0.717) is 12.0 Å². The fourth-order valence-corrected chi connectivity index (χ4v) is 4.99. The molecule has 0 aliphatic carbocycles. The van der Waals surface area contributed by atoms with Gasteiger partial charge in [-0.2, -0.15) is 0 Å². The molecule has 1 fully saturated rings. The van der Waals surface area contributed by atoms with Gasteiger partial charge in [0, 0.05) is 25.6 Å². The predicted octanol–water partition coefficient (Wildman–Crippen LogP) is 6.25. The van der Waals surface area contributed by atoms with E-state index in [4.69, 9.17) is 4.74 Å². The Balaban J connectivity index is 1.32. The summed E-state index contributed by atoms with van der Waals surface area (Å²) < 4.78 is 6.55. The molecule has 1 aliphatic rings. The third-order valence-corrected chi connectivity index (χ3v) is 6.95. The molecule has 0 aromatic heterocycles. The molecule has 0 saturated carbocycles. The molecular weight excluding hydrogens is 416 g/mol. The Morgan fingerprint density at radius 3 is 2.00 bits per heavy atom. The number of unbranched alkanes of at least 4 members (excludes halogenated alkanes) is 1. The molecule has 0 N–H and O–H groups in total. The molecule has 180 valence electrons. The number of piperidine rings is 1. The van der Waals surface area contributed by atoms with Crippen molar-refractivity contribution in [2.75, 3.05) is 40.3 Å². The molecule has 3 heteroatoms. The first-order valence-electron chi connectivity index (χ1n) is 12.9. The van der Waals surface area contributed by atoms with Gasteiger partial charge in [0.1, 0.15) is 11.9 Å². The van der Waals surface area contributed by atoms with Crippen LogP contribution in [0.25, 0.3) is 0 Å². The molecule has 3 aromatic carbocycles. The monoisotopic (exact) mass is 456 g/mol. The molecule has 0 radical (unpaired) electrons. The van der Waals surface area contributed by atoms with Crippen LogP contribution in [0.5, 0.6) is 5.75 Å². The first-order valence-corrected chi connectivity index (χ1v) is 12.9. The molecule has 0 atom stereocenters. The quantitative estimate of drug-likeness (QED) is 0.317. The van der Waals surface area contributed by atoms with Crippen LogP contribution in [0.1, 0.15) is 48.3 Å². The van der Waals surface area contributed by atoms with Crippen molar-refractivity contribution in [1.29, 1.82) is 0 Å². The van der Waals surface area contributed by atoms with E-state index in [1.54, 1.807) is 0 Å². The molecule has 1 aliphatic heterocycles. The number of likely N-dealkylation sites (tertiary alicyclic amines) is 1. The SMILES string of the molecule is CN(C)CCCCc1ccccc1OC1CCN(CC(c2ccccc2)c2ccccc2)CC1. The minimum Gasteiger partial charge on any atom is -0.490 e. The highest BCUT2D eigenvalue weighted by Gasteiger charge is 2.24.